The highest BCUT2D eigenvalue weighted by Crippen LogP contribution is 2.31. The van der Waals surface area contributed by atoms with E-state index in [0.717, 1.165) is 29.9 Å². The zero-order chi connectivity index (χ0) is 21.3. The van der Waals surface area contributed by atoms with Gasteiger partial charge in [0.15, 0.2) is 0 Å². The first-order valence-electron chi connectivity index (χ1n) is 9.27. The summed E-state index contributed by atoms with van der Waals surface area (Å²) in [4.78, 5) is 20.0. The van der Waals surface area contributed by atoms with E-state index in [1.807, 2.05) is 10.7 Å². The Labute approximate surface area is 169 Å². The fourth-order valence-electron chi connectivity index (χ4n) is 3.42. The summed E-state index contributed by atoms with van der Waals surface area (Å²) in [5.74, 6) is -0.129. The lowest BCUT2D eigenvalue weighted by atomic mass is 10.0. The number of rotatable bonds is 4. The van der Waals surface area contributed by atoms with Gasteiger partial charge in [-0.2, -0.15) is 18.3 Å². The SMILES string of the molecule is COc1cc(-c2cc3n(n2)CCCC3NC(=O)c2ccnc(C(F)(F)F)c2)ccn1. The summed E-state index contributed by atoms with van der Waals surface area (Å²) in [6, 6.07) is 7.09. The molecule has 1 aliphatic rings. The van der Waals surface area contributed by atoms with Crippen LogP contribution in [-0.2, 0) is 12.7 Å². The summed E-state index contributed by atoms with van der Waals surface area (Å²) < 4.78 is 45.6. The molecule has 1 aliphatic heterocycles. The number of halogens is 3. The molecular weight excluding hydrogens is 399 g/mol. The molecule has 1 amide bonds. The molecule has 4 rings (SSSR count). The van der Waals surface area contributed by atoms with E-state index >= 15 is 0 Å². The standard InChI is InChI=1S/C20H18F3N5O2/c1-30-18-10-12(4-7-25-18)15-11-16-14(3-2-8-28(16)27-15)26-19(29)13-5-6-24-17(9-13)20(21,22)23/h4-7,9-11,14H,2-3,8H2,1H3,(H,26,29). The first-order chi connectivity index (χ1) is 14.3. The third-order valence-corrected chi connectivity index (χ3v) is 4.89. The number of amides is 1. The smallest absolute Gasteiger partial charge is 0.433 e. The maximum atomic E-state index is 12.9. The molecule has 1 unspecified atom stereocenters. The molecule has 7 nitrogen and oxygen atoms in total. The Morgan fingerprint density at radius 3 is 2.77 bits per heavy atom. The summed E-state index contributed by atoms with van der Waals surface area (Å²) in [6.07, 6.45) is -0.567. The summed E-state index contributed by atoms with van der Waals surface area (Å²) in [6.45, 7) is 0.692. The number of ether oxygens (including phenoxy) is 1. The van der Waals surface area contributed by atoms with Gasteiger partial charge in [0.2, 0.25) is 5.88 Å². The zero-order valence-corrected chi connectivity index (χ0v) is 16.0. The lowest BCUT2D eigenvalue weighted by Crippen LogP contribution is -2.32. The van der Waals surface area contributed by atoms with Crippen LogP contribution >= 0.6 is 0 Å². The zero-order valence-electron chi connectivity index (χ0n) is 16.0. The van der Waals surface area contributed by atoms with Crippen molar-refractivity contribution in [1.82, 2.24) is 25.1 Å². The second-order valence-electron chi connectivity index (χ2n) is 6.86. The van der Waals surface area contributed by atoms with Gasteiger partial charge >= 0.3 is 6.18 Å². The van der Waals surface area contributed by atoms with E-state index in [1.165, 1.54) is 13.2 Å². The lowest BCUT2D eigenvalue weighted by molar-refractivity contribution is -0.141. The molecular formula is C20H18F3N5O2. The van der Waals surface area contributed by atoms with E-state index in [4.69, 9.17) is 4.74 Å². The minimum Gasteiger partial charge on any atom is -0.481 e. The van der Waals surface area contributed by atoms with Crippen molar-refractivity contribution in [2.75, 3.05) is 7.11 Å². The number of fused-ring (bicyclic) bond motifs is 1. The van der Waals surface area contributed by atoms with Gasteiger partial charge in [-0.25, -0.2) is 4.98 Å². The van der Waals surface area contributed by atoms with E-state index in [2.05, 4.69) is 20.4 Å². The molecule has 0 saturated carbocycles. The number of carbonyl (C=O) groups excluding carboxylic acids is 1. The van der Waals surface area contributed by atoms with Crippen molar-refractivity contribution in [2.45, 2.75) is 31.6 Å². The van der Waals surface area contributed by atoms with Crippen LogP contribution in [0, 0.1) is 0 Å². The molecule has 0 bridgehead atoms. The average molecular weight is 417 g/mol. The van der Waals surface area contributed by atoms with Crippen molar-refractivity contribution < 1.29 is 22.7 Å². The number of hydrogen-bond donors (Lipinski definition) is 1. The highest BCUT2D eigenvalue weighted by atomic mass is 19.4. The van der Waals surface area contributed by atoms with Crippen LogP contribution in [0.25, 0.3) is 11.3 Å². The number of alkyl halides is 3. The fraction of sp³-hybridized carbons (Fsp3) is 0.300. The molecule has 1 atom stereocenters. The number of nitrogens with one attached hydrogen (secondary N) is 1. The minimum absolute atomic E-state index is 0.0898. The highest BCUT2D eigenvalue weighted by Gasteiger charge is 2.33. The van der Waals surface area contributed by atoms with Crippen LogP contribution in [-0.4, -0.2) is 32.8 Å². The van der Waals surface area contributed by atoms with Crippen molar-refractivity contribution in [3.63, 3.8) is 0 Å². The number of methoxy groups -OCH3 is 1. The van der Waals surface area contributed by atoms with Crippen molar-refractivity contribution in [3.05, 3.63) is 59.7 Å². The van der Waals surface area contributed by atoms with Crippen LogP contribution in [0.3, 0.4) is 0 Å². The molecule has 0 radical (unpaired) electrons. The molecule has 0 aromatic carbocycles. The van der Waals surface area contributed by atoms with Crippen LogP contribution in [0.4, 0.5) is 13.2 Å². The molecule has 30 heavy (non-hydrogen) atoms. The van der Waals surface area contributed by atoms with Gasteiger partial charge in [0.1, 0.15) is 5.69 Å². The van der Waals surface area contributed by atoms with Gasteiger partial charge in [0, 0.05) is 36.1 Å². The van der Waals surface area contributed by atoms with Crippen molar-refractivity contribution in [3.8, 4) is 17.1 Å². The summed E-state index contributed by atoms with van der Waals surface area (Å²) in [5, 5.41) is 7.42. The number of hydrogen-bond acceptors (Lipinski definition) is 5. The molecule has 0 fully saturated rings. The maximum Gasteiger partial charge on any atom is 0.433 e. The van der Waals surface area contributed by atoms with E-state index in [9.17, 15) is 18.0 Å². The van der Waals surface area contributed by atoms with Gasteiger partial charge in [-0.1, -0.05) is 0 Å². The Bertz CT molecular complexity index is 1080. The minimum atomic E-state index is -4.61. The maximum absolute atomic E-state index is 12.9. The number of carbonyl (C=O) groups is 1. The quantitative estimate of drug-likeness (QED) is 0.701. The fourth-order valence-corrected chi connectivity index (χ4v) is 3.42. The summed E-state index contributed by atoms with van der Waals surface area (Å²) >= 11 is 0. The van der Waals surface area contributed by atoms with Crippen molar-refractivity contribution in [2.24, 2.45) is 0 Å². The third-order valence-electron chi connectivity index (χ3n) is 4.89. The normalized spacial score (nSPS) is 16.1. The van der Waals surface area contributed by atoms with Crippen LogP contribution in [0.2, 0.25) is 0 Å². The predicted molar refractivity (Wildman–Crippen MR) is 101 cm³/mol. The van der Waals surface area contributed by atoms with Gasteiger partial charge in [0.05, 0.1) is 24.5 Å². The Morgan fingerprint density at radius 1 is 1.20 bits per heavy atom. The predicted octanol–water partition coefficient (Wildman–Crippen LogP) is 3.63. The average Bonchev–Trinajstić information content (AvgIpc) is 3.19. The molecule has 3 aromatic rings. The van der Waals surface area contributed by atoms with Crippen LogP contribution in [0.5, 0.6) is 5.88 Å². The first kappa shape index (κ1) is 19.9. The number of aryl methyl sites for hydroxylation is 1. The van der Waals surface area contributed by atoms with E-state index in [-0.39, 0.29) is 11.6 Å². The largest absolute Gasteiger partial charge is 0.481 e. The molecule has 4 heterocycles. The molecule has 0 saturated heterocycles. The second kappa shape index (κ2) is 7.77. The van der Waals surface area contributed by atoms with Crippen molar-refractivity contribution in [1.29, 1.82) is 0 Å². The molecule has 3 aromatic heterocycles. The first-order valence-corrected chi connectivity index (χ1v) is 9.27. The van der Waals surface area contributed by atoms with Gasteiger partial charge in [-0.05, 0) is 37.1 Å². The van der Waals surface area contributed by atoms with Crippen LogP contribution < -0.4 is 10.1 Å². The molecule has 0 spiro atoms. The molecule has 10 heteroatoms. The van der Waals surface area contributed by atoms with E-state index in [0.29, 0.717) is 24.5 Å². The molecule has 0 aliphatic carbocycles. The Hall–Kier alpha value is -3.43. The topological polar surface area (TPSA) is 81.9 Å². The summed E-state index contributed by atoms with van der Waals surface area (Å²) in [5.41, 5.74) is 1.13. The lowest BCUT2D eigenvalue weighted by Gasteiger charge is -2.24. The number of nitrogens with zero attached hydrogens (tertiary/aromatic N) is 4. The van der Waals surface area contributed by atoms with Gasteiger partial charge in [-0.15, -0.1) is 0 Å². The van der Waals surface area contributed by atoms with Gasteiger partial charge in [-0.3, -0.25) is 14.5 Å². The number of pyridine rings is 2. The monoisotopic (exact) mass is 417 g/mol. The van der Waals surface area contributed by atoms with Crippen LogP contribution in [0.1, 0.15) is 40.6 Å². The molecule has 156 valence electrons. The Kier molecular flexibility index (Phi) is 5.15. The van der Waals surface area contributed by atoms with E-state index < -0.39 is 17.8 Å². The third kappa shape index (κ3) is 3.98. The number of aromatic nitrogens is 4. The van der Waals surface area contributed by atoms with E-state index in [1.54, 1.807) is 18.3 Å². The molecule has 1 N–H and O–H groups in total. The Morgan fingerprint density at radius 2 is 2.00 bits per heavy atom. The second-order valence-corrected chi connectivity index (χ2v) is 6.86. The Balaban J connectivity index is 1.58. The summed E-state index contributed by atoms with van der Waals surface area (Å²) in [7, 11) is 1.53. The van der Waals surface area contributed by atoms with Gasteiger partial charge in [0.25, 0.3) is 5.91 Å². The van der Waals surface area contributed by atoms with Crippen molar-refractivity contribution >= 4 is 5.91 Å². The van der Waals surface area contributed by atoms with Gasteiger partial charge < -0.3 is 10.1 Å². The highest BCUT2D eigenvalue weighted by molar-refractivity contribution is 5.94. The van der Waals surface area contributed by atoms with Crippen LogP contribution in [0.15, 0.2) is 42.7 Å².